The molecule has 1 aliphatic heterocycles. The summed E-state index contributed by atoms with van der Waals surface area (Å²) in [5, 5.41) is 7.15. The molecule has 1 rings (SSSR count). The van der Waals surface area contributed by atoms with Crippen LogP contribution in [0.2, 0.25) is 0 Å². The van der Waals surface area contributed by atoms with Crippen molar-refractivity contribution in [2.75, 3.05) is 7.11 Å². The normalized spacial score (nSPS) is 26.1. The molecule has 0 bridgehead atoms. The van der Waals surface area contributed by atoms with E-state index < -0.39 is 0 Å². The molecule has 4 heteroatoms. The van der Waals surface area contributed by atoms with Gasteiger partial charge in [-0.25, -0.2) is 0 Å². The molecule has 0 aliphatic carbocycles. The third kappa shape index (κ3) is 0.840. The molecule has 0 aromatic heterocycles. The lowest BCUT2D eigenvalue weighted by Gasteiger charge is -1.93. The van der Waals surface area contributed by atoms with Crippen LogP contribution in [0.3, 0.4) is 0 Å². The van der Waals surface area contributed by atoms with E-state index in [-0.39, 0.29) is 6.23 Å². The predicted octanol–water partition coefficient (Wildman–Crippen LogP) is 0.225. The molecule has 1 atom stereocenters. The van der Waals surface area contributed by atoms with Crippen LogP contribution in [0.5, 0.6) is 0 Å². The topological polar surface area (TPSA) is 60.0 Å². The van der Waals surface area contributed by atoms with Gasteiger partial charge >= 0.3 is 0 Å². The average Bonchev–Trinajstić information content (AvgIpc) is 2.14. The summed E-state index contributed by atoms with van der Waals surface area (Å²) in [6.07, 6.45) is 1.38. The Morgan fingerprint density at radius 1 is 1.88 bits per heavy atom. The van der Waals surface area contributed by atoms with Gasteiger partial charge in [0.2, 0.25) is 0 Å². The van der Waals surface area contributed by atoms with Gasteiger partial charge in [0.05, 0.1) is 0 Å². The summed E-state index contributed by atoms with van der Waals surface area (Å²) in [4.78, 5) is 0. The van der Waals surface area contributed by atoms with Crippen LogP contribution in [-0.2, 0) is 4.74 Å². The van der Waals surface area contributed by atoms with Crippen LogP contribution in [0.25, 0.3) is 0 Å². The maximum atomic E-state index is 5.22. The Labute approximate surface area is 47.0 Å². The summed E-state index contributed by atoms with van der Waals surface area (Å²) < 4.78 is 4.76. The van der Waals surface area contributed by atoms with E-state index in [1.165, 1.54) is 0 Å². The lowest BCUT2D eigenvalue weighted by Crippen LogP contribution is -1.99. The van der Waals surface area contributed by atoms with Crippen LogP contribution in [-0.4, -0.2) is 13.3 Å². The Bertz CT molecular complexity index is 140. The van der Waals surface area contributed by atoms with Gasteiger partial charge in [-0.3, -0.25) is 0 Å². The minimum absolute atomic E-state index is 0.255. The number of nitrogens with zero attached hydrogens (tertiary/aromatic N) is 2. The fourth-order valence-electron chi connectivity index (χ4n) is 0.451. The number of nitrogens with two attached hydrogens (primary N) is 1. The zero-order chi connectivity index (χ0) is 5.98. The molecule has 0 saturated carbocycles. The number of methoxy groups -OCH3 is 1. The predicted molar refractivity (Wildman–Crippen MR) is 27.9 cm³/mol. The second kappa shape index (κ2) is 1.92. The first-order valence-corrected chi connectivity index (χ1v) is 2.24. The first-order chi connectivity index (χ1) is 3.83. The molecule has 1 aliphatic rings. The summed E-state index contributed by atoms with van der Waals surface area (Å²) in [5.41, 5.74) is 5.22. The largest absolute Gasteiger partial charge is 0.382 e. The van der Waals surface area contributed by atoms with E-state index in [4.69, 9.17) is 10.5 Å². The standard InChI is InChI=1S/C4H7N3O/c1-8-4-2-3(5)6-7-4/h2,4H,5H2,1H3/t4-/m0/s1. The van der Waals surface area contributed by atoms with Crippen molar-refractivity contribution in [2.24, 2.45) is 16.0 Å². The fraction of sp³-hybridized carbons (Fsp3) is 0.500. The maximum absolute atomic E-state index is 5.22. The quantitative estimate of drug-likeness (QED) is 0.529. The lowest BCUT2D eigenvalue weighted by atomic mass is 10.5. The van der Waals surface area contributed by atoms with Gasteiger partial charge in [0.15, 0.2) is 6.23 Å². The molecule has 8 heavy (non-hydrogen) atoms. The molecule has 0 amide bonds. The highest BCUT2D eigenvalue weighted by molar-refractivity contribution is 5.01. The van der Waals surface area contributed by atoms with E-state index in [2.05, 4.69) is 10.2 Å². The highest BCUT2D eigenvalue weighted by Gasteiger charge is 2.06. The smallest absolute Gasteiger partial charge is 0.191 e. The molecule has 0 spiro atoms. The fourth-order valence-corrected chi connectivity index (χ4v) is 0.451. The van der Waals surface area contributed by atoms with Crippen LogP contribution in [0.4, 0.5) is 0 Å². The van der Waals surface area contributed by atoms with Crippen molar-refractivity contribution >= 4 is 0 Å². The molecule has 0 fully saturated rings. The number of hydrogen-bond acceptors (Lipinski definition) is 4. The SMILES string of the molecule is CO[C@H]1C=C(N)N=N1. The van der Waals surface area contributed by atoms with Crippen LogP contribution in [0, 0.1) is 0 Å². The summed E-state index contributed by atoms with van der Waals surface area (Å²) in [6, 6.07) is 0. The van der Waals surface area contributed by atoms with E-state index in [0.29, 0.717) is 5.82 Å². The highest BCUT2D eigenvalue weighted by atomic mass is 16.5. The van der Waals surface area contributed by atoms with Gasteiger partial charge in [-0.2, -0.15) is 5.11 Å². The zero-order valence-electron chi connectivity index (χ0n) is 4.53. The second-order valence-corrected chi connectivity index (χ2v) is 1.43. The summed E-state index contributed by atoms with van der Waals surface area (Å²) in [6.45, 7) is 0. The van der Waals surface area contributed by atoms with Crippen LogP contribution >= 0.6 is 0 Å². The van der Waals surface area contributed by atoms with Gasteiger partial charge in [0.1, 0.15) is 5.82 Å². The molecule has 0 radical (unpaired) electrons. The summed E-state index contributed by atoms with van der Waals surface area (Å²) in [5.74, 6) is 0.428. The monoisotopic (exact) mass is 113 g/mol. The number of ether oxygens (including phenoxy) is 1. The molecule has 0 aromatic carbocycles. The van der Waals surface area contributed by atoms with E-state index >= 15 is 0 Å². The van der Waals surface area contributed by atoms with Crippen LogP contribution in [0.15, 0.2) is 22.1 Å². The summed E-state index contributed by atoms with van der Waals surface area (Å²) >= 11 is 0. The molecule has 44 valence electrons. The minimum atomic E-state index is -0.255. The van der Waals surface area contributed by atoms with Gasteiger partial charge in [0.25, 0.3) is 0 Å². The second-order valence-electron chi connectivity index (χ2n) is 1.43. The Hall–Kier alpha value is -0.900. The highest BCUT2D eigenvalue weighted by Crippen LogP contribution is 2.06. The van der Waals surface area contributed by atoms with Gasteiger partial charge < -0.3 is 10.5 Å². The van der Waals surface area contributed by atoms with Gasteiger partial charge in [-0.05, 0) is 0 Å². The van der Waals surface area contributed by atoms with Gasteiger partial charge in [-0.1, -0.05) is 0 Å². The Balaban J connectivity index is 2.55. The molecular weight excluding hydrogens is 106 g/mol. The van der Waals surface area contributed by atoms with E-state index in [0.717, 1.165) is 0 Å². The third-order valence-electron chi connectivity index (χ3n) is 0.842. The molecule has 1 heterocycles. The van der Waals surface area contributed by atoms with Crippen molar-refractivity contribution in [3.05, 3.63) is 11.9 Å². The molecular formula is C4H7N3O. The van der Waals surface area contributed by atoms with Crippen molar-refractivity contribution in [3.63, 3.8) is 0 Å². The molecule has 0 saturated heterocycles. The van der Waals surface area contributed by atoms with E-state index in [9.17, 15) is 0 Å². The average molecular weight is 113 g/mol. The third-order valence-corrected chi connectivity index (χ3v) is 0.842. The molecule has 0 unspecified atom stereocenters. The number of azo groups is 1. The van der Waals surface area contributed by atoms with Gasteiger partial charge in [0, 0.05) is 13.2 Å². The molecule has 4 nitrogen and oxygen atoms in total. The maximum Gasteiger partial charge on any atom is 0.191 e. The molecule has 0 aromatic rings. The zero-order valence-corrected chi connectivity index (χ0v) is 4.53. The Morgan fingerprint density at radius 2 is 2.62 bits per heavy atom. The van der Waals surface area contributed by atoms with Crippen molar-refractivity contribution < 1.29 is 4.74 Å². The Morgan fingerprint density at radius 3 is 2.88 bits per heavy atom. The van der Waals surface area contributed by atoms with E-state index in [1.54, 1.807) is 13.2 Å². The Kier molecular flexibility index (Phi) is 1.26. The van der Waals surface area contributed by atoms with Crippen molar-refractivity contribution in [1.29, 1.82) is 0 Å². The number of rotatable bonds is 1. The van der Waals surface area contributed by atoms with Gasteiger partial charge in [-0.15, -0.1) is 5.11 Å². The lowest BCUT2D eigenvalue weighted by molar-refractivity contribution is 0.147. The summed E-state index contributed by atoms with van der Waals surface area (Å²) in [7, 11) is 1.55. The van der Waals surface area contributed by atoms with Crippen molar-refractivity contribution in [1.82, 2.24) is 0 Å². The minimum Gasteiger partial charge on any atom is -0.382 e. The number of hydrogen-bond donors (Lipinski definition) is 1. The van der Waals surface area contributed by atoms with Crippen molar-refractivity contribution in [3.8, 4) is 0 Å². The first kappa shape index (κ1) is 5.24. The van der Waals surface area contributed by atoms with E-state index in [1.807, 2.05) is 0 Å². The molecule has 2 N–H and O–H groups in total. The van der Waals surface area contributed by atoms with Crippen LogP contribution < -0.4 is 5.73 Å². The van der Waals surface area contributed by atoms with Crippen LogP contribution in [0.1, 0.15) is 0 Å². The first-order valence-electron chi connectivity index (χ1n) is 2.24. The van der Waals surface area contributed by atoms with Crippen molar-refractivity contribution in [2.45, 2.75) is 6.23 Å².